The van der Waals surface area contributed by atoms with E-state index in [0.717, 1.165) is 22.6 Å². The molecule has 0 aliphatic carbocycles. The first kappa shape index (κ1) is 21.5. The van der Waals surface area contributed by atoms with Gasteiger partial charge in [0.2, 0.25) is 0 Å². The highest BCUT2D eigenvalue weighted by Crippen LogP contribution is 2.27. The summed E-state index contributed by atoms with van der Waals surface area (Å²) >= 11 is 1.41. The number of hydrogen-bond acceptors (Lipinski definition) is 5. The first-order chi connectivity index (χ1) is 15.3. The van der Waals surface area contributed by atoms with Gasteiger partial charge in [-0.15, -0.1) is 11.3 Å². The van der Waals surface area contributed by atoms with Gasteiger partial charge in [0, 0.05) is 36.2 Å². The predicted molar refractivity (Wildman–Crippen MR) is 126 cm³/mol. The van der Waals surface area contributed by atoms with Gasteiger partial charge in [-0.25, -0.2) is 9.67 Å². The number of nitro groups is 1. The minimum Gasteiger partial charge on any atom is -0.314 e. The highest BCUT2D eigenvalue weighted by atomic mass is 32.1. The van der Waals surface area contributed by atoms with Crippen LogP contribution in [0.15, 0.2) is 69.8 Å². The molecule has 0 fully saturated rings. The third-order valence-corrected chi connectivity index (χ3v) is 6.18. The van der Waals surface area contributed by atoms with Gasteiger partial charge in [0.05, 0.1) is 22.0 Å². The molecule has 0 atom stereocenters. The first-order valence-corrected chi connectivity index (χ1v) is 11.0. The molecule has 0 spiro atoms. The molecule has 4 aromatic rings. The summed E-state index contributed by atoms with van der Waals surface area (Å²) in [6.45, 7) is 5.91. The molecule has 2 aromatic heterocycles. The van der Waals surface area contributed by atoms with Crippen LogP contribution < -0.4 is 10.4 Å². The van der Waals surface area contributed by atoms with Crippen molar-refractivity contribution in [2.45, 2.75) is 26.8 Å². The molecule has 0 radical (unpaired) electrons. The molecule has 9 heteroatoms. The van der Waals surface area contributed by atoms with E-state index in [0.29, 0.717) is 10.5 Å². The zero-order valence-electron chi connectivity index (χ0n) is 18.2. The van der Waals surface area contributed by atoms with Crippen molar-refractivity contribution < 1.29 is 4.92 Å². The van der Waals surface area contributed by atoms with Crippen molar-refractivity contribution in [2.24, 2.45) is 12.0 Å². The highest BCUT2D eigenvalue weighted by Gasteiger charge is 2.18. The second-order valence-electron chi connectivity index (χ2n) is 7.70. The lowest BCUT2D eigenvalue weighted by molar-refractivity contribution is -0.384. The second kappa shape index (κ2) is 8.43. The summed E-state index contributed by atoms with van der Waals surface area (Å²) in [6.07, 6.45) is 0. The fraction of sp³-hybridized carbons (Fsp3) is 0.217. The summed E-state index contributed by atoms with van der Waals surface area (Å²) in [7, 11) is 1.84. The van der Waals surface area contributed by atoms with Gasteiger partial charge in [-0.05, 0) is 32.9 Å². The molecule has 4 rings (SSSR count). The molecular weight excluding hydrogens is 426 g/mol. The summed E-state index contributed by atoms with van der Waals surface area (Å²) in [5.74, 6) is 0. The molecule has 8 nitrogen and oxygen atoms in total. The van der Waals surface area contributed by atoms with E-state index in [1.807, 2.05) is 74.2 Å². The van der Waals surface area contributed by atoms with Crippen molar-refractivity contribution in [3.05, 3.63) is 90.9 Å². The SMILES string of the molecule is Cc1c(N=c2scc(-c3cccc([N+](=O)[O-])c3)n2C(C)C)c(=O)n(-c2ccccc2)n1C. The maximum Gasteiger partial charge on any atom is 0.297 e. The molecule has 2 aromatic carbocycles. The lowest BCUT2D eigenvalue weighted by Crippen LogP contribution is -2.21. The number of rotatable bonds is 5. The number of thiazole rings is 1. The standard InChI is InChI=1S/C23H23N5O3S/c1-15(2)26-20(17-9-8-12-19(13-17)28(30)31)14-32-23(26)24-21-16(3)25(4)27(22(21)29)18-10-6-5-7-11-18/h5-15H,1-4H3. The number of non-ortho nitro benzene ring substituents is 1. The number of nitrogens with zero attached hydrogens (tertiary/aromatic N) is 5. The van der Waals surface area contributed by atoms with E-state index in [-0.39, 0.29) is 17.3 Å². The highest BCUT2D eigenvalue weighted by molar-refractivity contribution is 7.07. The molecule has 0 bridgehead atoms. The van der Waals surface area contributed by atoms with E-state index in [4.69, 9.17) is 4.99 Å². The fourth-order valence-electron chi connectivity index (χ4n) is 3.67. The Balaban J connectivity index is 1.91. The Labute approximate surface area is 188 Å². The molecule has 32 heavy (non-hydrogen) atoms. The number of nitro benzene ring substituents is 1. The van der Waals surface area contributed by atoms with Gasteiger partial charge < -0.3 is 4.57 Å². The minimum absolute atomic E-state index is 0.0344. The quantitative estimate of drug-likeness (QED) is 0.326. The van der Waals surface area contributed by atoms with E-state index in [1.54, 1.807) is 21.5 Å². The molecule has 0 N–H and O–H groups in total. The predicted octanol–water partition coefficient (Wildman–Crippen LogP) is 4.74. The summed E-state index contributed by atoms with van der Waals surface area (Å²) in [6, 6.07) is 16.0. The van der Waals surface area contributed by atoms with Crippen LogP contribution >= 0.6 is 11.3 Å². The van der Waals surface area contributed by atoms with E-state index < -0.39 is 4.92 Å². The van der Waals surface area contributed by atoms with Crippen LogP contribution in [-0.4, -0.2) is 18.9 Å². The molecule has 164 valence electrons. The maximum absolute atomic E-state index is 13.3. The normalized spacial score (nSPS) is 12.0. The summed E-state index contributed by atoms with van der Waals surface area (Å²) in [5.41, 5.74) is 3.29. The Bertz CT molecular complexity index is 1420. The smallest absolute Gasteiger partial charge is 0.297 e. The zero-order chi connectivity index (χ0) is 23.0. The average Bonchev–Trinajstić information content (AvgIpc) is 3.29. The Morgan fingerprint density at radius 3 is 2.47 bits per heavy atom. The number of aromatic nitrogens is 3. The van der Waals surface area contributed by atoms with Gasteiger partial charge in [-0.1, -0.05) is 30.3 Å². The van der Waals surface area contributed by atoms with E-state index in [2.05, 4.69) is 0 Å². The van der Waals surface area contributed by atoms with Crippen LogP contribution in [0.1, 0.15) is 25.6 Å². The van der Waals surface area contributed by atoms with Gasteiger partial charge >= 0.3 is 0 Å². The summed E-state index contributed by atoms with van der Waals surface area (Å²) in [5, 5.41) is 13.1. The minimum atomic E-state index is -0.403. The van der Waals surface area contributed by atoms with Crippen molar-refractivity contribution in [3.8, 4) is 16.9 Å². The van der Waals surface area contributed by atoms with Crippen molar-refractivity contribution in [1.29, 1.82) is 0 Å². The van der Waals surface area contributed by atoms with Gasteiger partial charge in [-0.2, -0.15) is 0 Å². The first-order valence-electron chi connectivity index (χ1n) is 10.1. The molecular formula is C23H23N5O3S. The van der Waals surface area contributed by atoms with Crippen molar-refractivity contribution in [2.75, 3.05) is 0 Å². The van der Waals surface area contributed by atoms with E-state index >= 15 is 0 Å². The lowest BCUT2D eigenvalue weighted by Gasteiger charge is -2.12. The zero-order valence-corrected chi connectivity index (χ0v) is 19.0. The van der Waals surface area contributed by atoms with Crippen molar-refractivity contribution in [3.63, 3.8) is 0 Å². The topological polar surface area (TPSA) is 87.4 Å². The lowest BCUT2D eigenvalue weighted by atomic mass is 10.1. The van der Waals surface area contributed by atoms with Crippen LogP contribution in [0, 0.1) is 17.0 Å². The fourth-order valence-corrected chi connectivity index (χ4v) is 4.70. The molecule has 0 aliphatic heterocycles. The van der Waals surface area contributed by atoms with Gasteiger partial charge in [0.1, 0.15) is 0 Å². The Morgan fingerprint density at radius 2 is 1.81 bits per heavy atom. The third-order valence-electron chi connectivity index (χ3n) is 5.34. The molecule has 2 heterocycles. The van der Waals surface area contributed by atoms with Crippen LogP contribution in [0.5, 0.6) is 0 Å². The second-order valence-corrected chi connectivity index (χ2v) is 8.53. The van der Waals surface area contributed by atoms with Crippen LogP contribution in [0.25, 0.3) is 16.9 Å². The van der Waals surface area contributed by atoms with E-state index in [9.17, 15) is 14.9 Å². The molecule has 0 unspecified atom stereocenters. The van der Waals surface area contributed by atoms with Crippen LogP contribution in [0.2, 0.25) is 0 Å². The van der Waals surface area contributed by atoms with Crippen molar-refractivity contribution >= 4 is 22.7 Å². The van der Waals surface area contributed by atoms with Gasteiger partial charge in [0.15, 0.2) is 10.5 Å². The number of hydrogen-bond donors (Lipinski definition) is 0. The molecule has 0 saturated carbocycles. The monoisotopic (exact) mass is 449 g/mol. The number of benzene rings is 2. The van der Waals surface area contributed by atoms with Crippen LogP contribution in [0.3, 0.4) is 0 Å². The Morgan fingerprint density at radius 1 is 1.09 bits per heavy atom. The van der Waals surface area contributed by atoms with Crippen LogP contribution in [-0.2, 0) is 7.05 Å². The van der Waals surface area contributed by atoms with Crippen LogP contribution in [0.4, 0.5) is 11.4 Å². The van der Waals surface area contributed by atoms with Crippen molar-refractivity contribution in [1.82, 2.24) is 13.9 Å². The Kier molecular flexibility index (Phi) is 5.67. The maximum atomic E-state index is 13.3. The molecule has 0 amide bonds. The van der Waals surface area contributed by atoms with E-state index in [1.165, 1.54) is 17.4 Å². The number of para-hydroxylation sites is 1. The molecule has 0 saturated heterocycles. The third kappa shape index (κ3) is 3.71. The molecule has 0 aliphatic rings. The largest absolute Gasteiger partial charge is 0.314 e. The van der Waals surface area contributed by atoms with Gasteiger partial charge in [0.25, 0.3) is 11.2 Å². The average molecular weight is 450 g/mol. The van der Waals surface area contributed by atoms with Gasteiger partial charge in [-0.3, -0.25) is 19.6 Å². The summed E-state index contributed by atoms with van der Waals surface area (Å²) < 4.78 is 5.40. The Hall–Kier alpha value is -3.72. The summed E-state index contributed by atoms with van der Waals surface area (Å²) in [4.78, 5) is 29.5.